The normalized spacial score (nSPS) is 14.6. The first-order chi connectivity index (χ1) is 14.9. The van der Waals surface area contributed by atoms with Gasteiger partial charge in [-0.25, -0.2) is 0 Å². The van der Waals surface area contributed by atoms with Gasteiger partial charge in [0.25, 0.3) is 5.91 Å². The van der Waals surface area contributed by atoms with Gasteiger partial charge in [-0.3, -0.25) is 14.5 Å². The van der Waals surface area contributed by atoms with Gasteiger partial charge in [0.15, 0.2) is 23.9 Å². The average Bonchev–Trinajstić information content (AvgIpc) is 2.77. The fraction of sp³-hybridized carbons (Fsp3) is 0.440. The van der Waals surface area contributed by atoms with Gasteiger partial charge in [-0.2, -0.15) is 0 Å². The summed E-state index contributed by atoms with van der Waals surface area (Å²) in [4.78, 5) is 26.4. The second-order valence-electron chi connectivity index (χ2n) is 8.32. The van der Waals surface area contributed by atoms with E-state index in [1.165, 1.54) is 25.2 Å². The van der Waals surface area contributed by atoms with Crippen molar-refractivity contribution in [3.63, 3.8) is 0 Å². The Morgan fingerprint density at radius 1 is 1.10 bits per heavy atom. The predicted molar refractivity (Wildman–Crippen MR) is 121 cm³/mol. The van der Waals surface area contributed by atoms with Crippen LogP contribution in [0.1, 0.15) is 42.3 Å². The van der Waals surface area contributed by atoms with Gasteiger partial charge in [-0.1, -0.05) is 38.1 Å². The number of hydrogen-bond acceptors (Lipinski definition) is 5. The molecule has 1 aliphatic heterocycles. The summed E-state index contributed by atoms with van der Waals surface area (Å²) in [6, 6.07) is 13.8. The van der Waals surface area contributed by atoms with E-state index in [9.17, 15) is 9.59 Å². The van der Waals surface area contributed by atoms with Crippen molar-refractivity contribution in [2.24, 2.45) is 5.92 Å². The Labute approximate surface area is 184 Å². The third-order valence-electron chi connectivity index (χ3n) is 5.84. The number of nitrogens with zero attached hydrogens (tertiary/aromatic N) is 1. The van der Waals surface area contributed by atoms with E-state index in [1.54, 1.807) is 18.2 Å². The number of carbonyl (C=O) groups is 2. The second-order valence-corrected chi connectivity index (χ2v) is 8.32. The molecule has 1 amide bonds. The Kier molecular flexibility index (Phi) is 7.69. The number of methoxy groups -OCH3 is 1. The molecule has 1 aliphatic rings. The molecule has 1 unspecified atom stereocenters. The molecule has 0 aliphatic carbocycles. The number of Topliss-reactive ketones (excluding diaryl/α,β-unsaturated/α-hetero) is 1. The summed E-state index contributed by atoms with van der Waals surface area (Å²) in [5.41, 5.74) is 3.33. The number of benzene rings is 2. The highest BCUT2D eigenvalue weighted by Crippen LogP contribution is 2.28. The molecule has 0 aromatic heterocycles. The third kappa shape index (κ3) is 5.85. The Balaban J connectivity index is 1.55. The van der Waals surface area contributed by atoms with Crippen molar-refractivity contribution in [3.05, 3.63) is 59.2 Å². The highest BCUT2D eigenvalue weighted by atomic mass is 16.5. The molecular formula is C25H32N2O4. The number of amides is 1. The zero-order chi connectivity index (χ0) is 22.4. The van der Waals surface area contributed by atoms with Crippen LogP contribution in [0.4, 0.5) is 0 Å². The smallest absolute Gasteiger partial charge is 0.257 e. The first-order valence-corrected chi connectivity index (χ1v) is 10.8. The minimum Gasteiger partial charge on any atom is -0.493 e. The Bertz CT molecular complexity index is 925. The van der Waals surface area contributed by atoms with Crippen LogP contribution in [0.3, 0.4) is 0 Å². The van der Waals surface area contributed by atoms with E-state index in [1.807, 2.05) is 0 Å². The molecule has 0 spiro atoms. The molecule has 6 heteroatoms. The number of fused-ring (bicyclic) bond motifs is 1. The zero-order valence-corrected chi connectivity index (χ0v) is 18.8. The van der Waals surface area contributed by atoms with Gasteiger partial charge < -0.3 is 14.8 Å². The summed E-state index contributed by atoms with van der Waals surface area (Å²) >= 11 is 0. The predicted octanol–water partition coefficient (Wildman–Crippen LogP) is 3.48. The number of rotatable bonds is 9. The van der Waals surface area contributed by atoms with Crippen molar-refractivity contribution >= 4 is 11.7 Å². The molecule has 1 atom stereocenters. The third-order valence-corrected chi connectivity index (χ3v) is 5.84. The number of ketones is 1. The maximum Gasteiger partial charge on any atom is 0.257 e. The van der Waals surface area contributed by atoms with Crippen LogP contribution < -0.4 is 14.8 Å². The average molecular weight is 425 g/mol. The van der Waals surface area contributed by atoms with E-state index in [-0.39, 0.29) is 24.3 Å². The van der Waals surface area contributed by atoms with Gasteiger partial charge in [0.2, 0.25) is 0 Å². The van der Waals surface area contributed by atoms with Crippen LogP contribution in [0.5, 0.6) is 11.5 Å². The molecule has 0 radical (unpaired) electrons. The van der Waals surface area contributed by atoms with Crippen LogP contribution in [0.15, 0.2) is 42.5 Å². The van der Waals surface area contributed by atoms with E-state index in [4.69, 9.17) is 9.47 Å². The van der Waals surface area contributed by atoms with Crippen molar-refractivity contribution in [1.82, 2.24) is 10.2 Å². The molecular weight excluding hydrogens is 392 g/mol. The fourth-order valence-corrected chi connectivity index (χ4v) is 4.01. The Morgan fingerprint density at radius 3 is 2.52 bits per heavy atom. The molecule has 6 nitrogen and oxygen atoms in total. The van der Waals surface area contributed by atoms with Crippen LogP contribution in [0.2, 0.25) is 0 Å². The summed E-state index contributed by atoms with van der Waals surface area (Å²) in [6.07, 6.45) is 1.03. The maximum atomic E-state index is 12.4. The van der Waals surface area contributed by atoms with Crippen LogP contribution in [-0.2, 0) is 17.8 Å². The molecule has 0 saturated carbocycles. The topological polar surface area (TPSA) is 67.9 Å². The zero-order valence-electron chi connectivity index (χ0n) is 18.8. The molecule has 0 saturated heterocycles. The van der Waals surface area contributed by atoms with E-state index in [0.29, 0.717) is 29.5 Å². The monoisotopic (exact) mass is 424 g/mol. The van der Waals surface area contributed by atoms with Crippen molar-refractivity contribution in [3.8, 4) is 11.5 Å². The van der Waals surface area contributed by atoms with Crippen LogP contribution in [-0.4, -0.2) is 49.4 Å². The summed E-state index contributed by atoms with van der Waals surface area (Å²) < 4.78 is 10.9. The van der Waals surface area contributed by atoms with Gasteiger partial charge >= 0.3 is 0 Å². The van der Waals surface area contributed by atoms with Crippen molar-refractivity contribution in [1.29, 1.82) is 0 Å². The maximum absolute atomic E-state index is 12.4. The standard InChI is InChI=1S/C25H32N2O4/c1-17(2)22(27-12-11-19-7-5-6-8-21(19)15-27)14-26-25(29)16-31-23-10-9-20(18(3)28)13-24(23)30-4/h5-10,13,17,22H,11-12,14-16H2,1-4H3,(H,26,29). The molecule has 1 N–H and O–H groups in total. The number of nitrogens with one attached hydrogen (secondary N) is 1. The highest BCUT2D eigenvalue weighted by Gasteiger charge is 2.26. The summed E-state index contributed by atoms with van der Waals surface area (Å²) in [5.74, 6) is 1.05. The minimum absolute atomic E-state index is 0.0531. The van der Waals surface area contributed by atoms with Crippen molar-refractivity contribution < 1.29 is 19.1 Å². The Morgan fingerprint density at radius 2 is 1.84 bits per heavy atom. The van der Waals surface area contributed by atoms with Gasteiger partial charge in [-0.05, 0) is 48.6 Å². The molecule has 166 valence electrons. The minimum atomic E-state index is -0.180. The first kappa shape index (κ1) is 22.8. The van der Waals surface area contributed by atoms with Crippen LogP contribution >= 0.6 is 0 Å². The first-order valence-electron chi connectivity index (χ1n) is 10.8. The number of carbonyl (C=O) groups excluding carboxylic acids is 2. The number of hydrogen-bond donors (Lipinski definition) is 1. The number of ether oxygens (including phenoxy) is 2. The lowest BCUT2D eigenvalue weighted by atomic mass is 9.95. The van der Waals surface area contributed by atoms with Crippen molar-refractivity contribution in [2.75, 3.05) is 26.8 Å². The fourth-order valence-electron chi connectivity index (χ4n) is 4.01. The summed E-state index contributed by atoms with van der Waals surface area (Å²) in [6.45, 7) is 8.24. The van der Waals surface area contributed by atoms with E-state index in [0.717, 1.165) is 19.5 Å². The molecule has 2 aromatic rings. The van der Waals surface area contributed by atoms with Gasteiger partial charge in [-0.15, -0.1) is 0 Å². The molecule has 2 aromatic carbocycles. The molecule has 31 heavy (non-hydrogen) atoms. The summed E-state index contributed by atoms with van der Waals surface area (Å²) in [5, 5.41) is 3.02. The SMILES string of the molecule is COc1cc(C(C)=O)ccc1OCC(=O)NCC(C(C)C)N1CCc2ccccc2C1. The largest absolute Gasteiger partial charge is 0.493 e. The molecule has 0 bridgehead atoms. The van der Waals surface area contributed by atoms with Gasteiger partial charge in [0.05, 0.1) is 7.11 Å². The van der Waals surface area contributed by atoms with Gasteiger partial charge in [0, 0.05) is 31.2 Å². The lowest BCUT2D eigenvalue weighted by Crippen LogP contribution is -2.49. The van der Waals surface area contributed by atoms with Crippen LogP contribution in [0, 0.1) is 5.92 Å². The van der Waals surface area contributed by atoms with Crippen molar-refractivity contribution in [2.45, 2.75) is 39.8 Å². The van der Waals surface area contributed by atoms with Gasteiger partial charge in [0.1, 0.15) is 0 Å². The lowest BCUT2D eigenvalue weighted by molar-refractivity contribution is -0.123. The quantitative estimate of drug-likeness (QED) is 0.625. The molecule has 1 heterocycles. The lowest BCUT2D eigenvalue weighted by Gasteiger charge is -2.38. The van der Waals surface area contributed by atoms with E-state index in [2.05, 4.69) is 48.3 Å². The highest BCUT2D eigenvalue weighted by molar-refractivity contribution is 5.94. The molecule has 3 rings (SSSR count). The van der Waals surface area contributed by atoms with E-state index >= 15 is 0 Å². The summed E-state index contributed by atoms with van der Waals surface area (Å²) in [7, 11) is 1.51. The second kappa shape index (κ2) is 10.4. The Hall–Kier alpha value is -2.86. The van der Waals surface area contributed by atoms with Crippen LogP contribution in [0.25, 0.3) is 0 Å². The molecule has 0 fully saturated rings. The van der Waals surface area contributed by atoms with E-state index < -0.39 is 0 Å².